The highest BCUT2D eigenvalue weighted by atomic mass is 32.1. The number of hydrogen-bond acceptors (Lipinski definition) is 5. The molecule has 0 aliphatic rings. The van der Waals surface area contributed by atoms with Gasteiger partial charge in [-0.2, -0.15) is 0 Å². The summed E-state index contributed by atoms with van der Waals surface area (Å²) in [6.45, 7) is 2.09. The Morgan fingerprint density at radius 2 is 2.00 bits per heavy atom. The van der Waals surface area contributed by atoms with Crippen LogP contribution in [0.3, 0.4) is 0 Å². The molecule has 0 amide bonds. The highest BCUT2D eigenvalue weighted by Gasteiger charge is 2.18. The Labute approximate surface area is 104 Å². The zero-order valence-corrected chi connectivity index (χ0v) is 10.3. The second kappa shape index (κ2) is 5.40. The van der Waals surface area contributed by atoms with Crippen LogP contribution in [-0.2, 0) is 6.42 Å². The highest BCUT2D eigenvalue weighted by Crippen LogP contribution is 2.22. The van der Waals surface area contributed by atoms with Crippen molar-refractivity contribution >= 4 is 23.9 Å². The first-order valence-corrected chi connectivity index (χ1v) is 6.32. The van der Waals surface area contributed by atoms with Gasteiger partial charge in [-0.1, -0.05) is 42.5 Å². The van der Waals surface area contributed by atoms with Gasteiger partial charge in [0, 0.05) is 12.0 Å². The van der Waals surface area contributed by atoms with Crippen LogP contribution in [0, 0.1) is 0 Å². The number of hydrogen-bond donors (Lipinski definition) is 2. The van der Waals surface area contributed by atoms with Crippen molar-refractivity contribution in [3.8, 4) is 10.6 Å². The van der Waals surface area contributed by atoms with Gasteiger partial charge >= 0.3 is 7.12 Å². The molecule has 17 heavy (non-hydrogen) atoms. The molecule has 0 fully saturated rings. The highest BCUT2D eigenvalue weighted by molar-refractivity contribution is 7.14. The Morgan fingerprint density at radius 3 is 2.71 bits per heavy atom. The molecule has 1 aromatic carbocycles. The predicted octanol–water partition coefficient (Wildman–Crippen LogP) is 0.837. The summed E-state index contributed by atoms with van der Waals surface area (Å²) in [7, 11) is -1.48. The van der Waals surface area contributed by atoms with Gasteiger partial charge < -0.3 is 10.0 Å². The molecule has 88 valence electrons. The van der Waals surface area contributed by atoms with E-state index in [1.54, 1.807) is 12.1 Å². The van der Waals surface area contributed by atoms with Crippen LogP contribution in [0.1, 0.15) is 18.4 Å². The maximum atomic E-state index is 9.29. The Bertz CT molecular complexity index is 502. The van der Waals surface area contributed by atoms with Gasteiger partial charge in [-0.05, 0) is 11.9 Å². The van der Waals surface area contributed by atoms with Gasteiger partial charge in [-0.25, -0.2) is 0 Å². The van der Waals surface area contributed by atoms with Crippen molar-refractivity contribution in [2.24, 2.45) is 0 Å². The first kappa shape index (κ1) is 12.2. The molecule has 2 N–H and O–H groups in total. The lowest BCUT2D eigenvalue weighted by atomic mass is 9.77. The number of benzene rings is 1. The lowest BCUT2D eigenvalue weighted by molar-refractivity contribution is 0.426. The molecule has 0 saturated carbocycles. The summed E-state index contributed by atoms with van der Waals surface area (Å²) in [5.41, 5.74) is 1.20. The number of nitrogens with zero attached hydrogens (tertiary/aromatic N) is 2. The van der Waals surface area contributed by atoms with E-state index >= 15 is 0 Å². The molecule has 0 saturated heterocycles. The predicted molar refractivity (Wildman–Crippen MR) is 69.2 cm³/mol. The summed E-state index contributed by atoms with van der Waals surface area (Å²) >= 11 is 1.50. The van der Waals surface area contributed by atoms with E-state index in [9.17, 15) is 10.0 Å². The molecule has 0 bridgehead atoms. The van der Waals surface area contributed by atoms with E-state index in [0.29, 0.717) is 5.46 Å². The van der Waals surface area contributed by atoms with Crippen molar-refractivity contribution in [2.75, 3.05) is 0 Å². The minimum atomic E-state index is -1.48. The van der Waals surface area contributed by atoms with Gasteiger partial charge in [0.15, 0.2) is 0 Å². The summed E-state index contributed by atoms with van der Waals surface area (Å²) < 4.78 is 0. The Hall–Kier alpha value is -1.24. The lowest BCUT2D eigenvalue weighted by Crippen LogP contribution is -2.31. The molecule has 0 aliphatic carbocycles. The van der Waals surface area contributed by atoms with Crippen LogP contribution in [0.5, 0.6) is 0 Å². The van der Waals surface area contributed by atoms with Crippen LogP contribution < -0.4 is 5.46 Å². The molecule has 2 aromatic rings. The van der Waals surface area contributed by atoms with Crippen molar-refractivity contribution in [1.29, 1.82) is 0 Å². The Balaban J connectivity index is 2.38. The van der Waals surface area contributed by atoms with Gasteiger partial charge in [-0.15, -0.1) is 10.2 Å². The largest absolute Gasteiger partial charge is 0.489 e. The fourth-order valence-electron chi connectivity index (χ4n) is 1.59. The molecular formula is C11H13BN2O2S. The zero-order chi connectivity index (χ0) is 12.3. The summed E-state index contributed by atoms with van der Waals surface area (Å²) in [6.07, 6.45) is 1.93. The van der Waals surface area contributed by atoms with Crippen molar-refractivity contribution < 1.29 is 10.0 Å². The van der Waals surface area contributed by atoms with E-state index in [1.807, 2.05) is 12.1 Å². The third kappa shape index (κ3) is 2.72. The van der Waals surface area contributed by atoms with Gasteiger partial charge in [0.25, 0.3) is 0 Å². The number of aromatic nitrogens is 2. The third-order valence-corrected chi connectivity index (χ3v) is 3.42. The van der Waals surface area contributed by atoms with Crippen LogP contribution in [-0.4, -0.2) is 27.4 Å². The summed E-state index contributed by atoms with van der Waals surface area (Å²) in [4.78, 5) is 0. The summed E-state index contributed by atoms with van der Waals surface area (Å²) in [5.74, 6) is 0. The van der Waals surface area contributed by atoms with Gasteiger partial charge in [0.05, 0.1) is 0 Å². The summed E-state index contributed by atoms with van der Waals surface area (Å²) in [6, 6.07) is 7.13. The van der Waals surface area contributed by atoms with Crippen molar-refractivity contribution in [3.05, 3.63) is 29.3 Å². The van der Waals surface area contributed by atoms with Gasteiger partial charge in [0.2, 0.25) is 0 Å². The van der Waals surface area contributed by atoms with Crippen LogP contribution in [0.15, 0.2) is 24.3 Å². The van der Waals surface area contributed by atoms with E-state index in [0.717, 1.165) is 28.4 Å². The fourth-order valence-corrected chi connectivity index (χ4v) is 2.58. The Kier molecular flexibility index (Phi) is 3.88. The number of rotatable bonds is 4. The van der Waals surface area contributed by atoms with Gasteiger partial charge in [-0.3, -0.25) is 0 Å². The molecule has 0 atom stereocenters. The molecule has 0 unspecified atom stereocenters. The van der Waals surface area contributed by atoms with E-state index < -0.39 is 7.12 Å². The number of aryl methyl sites for hydroxylation is 1. The minimum Gasteiger partial charge on any atom is -0.423 e. The SMILES string of the molecule is CCCc1nnc(-c2ccccc2B(O)O)s1. The van der Waals surface area contributed by atoms with Crippen LogP contribution in [0.2, 0.25) is 0 Å². The van der Waals surface area contributed by atoms with E-state index in [-0.39, 0.29) is 0 Å². The maximum Gasteiger partial charge on any atom is 0.489 e. The molecule has 0 radical (unpaired) electrons. The second-order valence-electron chi connectivity index (χ2n) is 3.71. The first-order valence-electron chi connectivity index (χ1n) is 5.50. The molecule has 6 heteroatoms. The molecule has 0 spiro atoms. The molecule has 2 rings (SSSR count). The third-order valence-electron chi connectivity index (χ3n) is 2.40. The first-order chi connectivity index (χ1) is 8.22. The molecular weight excluding hydrogens is 235 g/mol. The van der Waals surface area contributed by atoms with Crippen LogP contribution >= 0.6 is 11.3 Å². The quantitative estimate of drug-likeness (QED) is 0.787. The topological polar surface area (TPSA) is 66.2 Å². The normalized spacial score (nSPS) is 10.5. The van der Waals surface area contributed by atoms with E-state index in [1.165, 1.54) is 11.3 Å². The van der Waals surface area contributed by atoms with Crippen molar-refractivity contribution in [2.45, 2.75) is 19.8 Å². The average Bonchev–Trinajstić information content (AvgIpc) is 2.78. The molecule has 1 aromatic heterocycles. The van der Waals surface area contributed by atoms with Crippen LogP contribution in [0.25, 0.3) is 10.6 Å². The van der Waals surface area contributed by atoms with Crippen molar-refractivity contribution in [1.82, 2.24) is 10.2 Å². The monoisotopic (exact) mass is 248 g/mol. The molecule has 1 heterocycles. The van der Waals surface area contributed by atoms with Crippen molar-refractivity contribution in [3.63, 3.8) is 0 Å². The summed E-state index contributed by atoms with van der Waals surface area (Å²) in [5, 5.41) is 28.5. The average molecular weight is 248 g/mol. The fraction of sp³-hybridized carbons (Fsp3) is 0.273. The molecule has 0 aliphatic heterocycles. The minimum absolute atomic E-state index is 0.465. The Morgan fingerprint density at radius 1 is 1.24 bits per heavy atom. The standard InChI is InChI=1S/C11H13BN2O2S/c1-2-5-10-13-14-11(17-10)8-6-3-4-7-9(8)12(15)16/h3-4,6-7,15-16H,2,5H2,1H3. The zero-order valence-electron chi connectivity index (χ0n) is 9.50. The maximum absolute atomic E-state index is 9.29. The van der Waals surface area contributed by atoms with Gasteiger partial charge in [0.1, 0.15) is 10.0 Å². The van der Waals surface area contributed by atoms with E-state index in [4.69, 9.17) is 0 Å². The molecule has 4 nitrogen and oxygen atoms in total. The van der Waals surface area contributed by atoms with E-state index in [2.05, 4.69) is 17.1 Å². The lowest BCUT2D eigenvalue weighted by Gasteiger charge is -2.04. The smallest absolute Gasteiger partial charge is 0.423 e. The second-order valence-corrected chi connectivity index (χ2v) is 4.77. The van der Waals surface area contributed by atoms with Crippen LogP contribution in [0.4, 0.5) is 0 Å².